The van der Waals surface area contributed by atoms with Gasteiger partial charge in [-0.3, -0.25) is 4.79 Å². The first-order chi connectivity index (χ1) is 11.8. The third-order valence-corrected chi connectivity index (χ3v) is 5.09. The molecule has 1 saturated heterocycles. The normalized spacial score (nSPS) is 29.0. The standard InChI is InChI=1S/C18H23NO5/c1-21-15-6-4-13-17(15)24-10-7-19(13)18(20)12-3-5-14-16(11-12)23-9-2-8-22-14/h3,5,11,13,15,17H,2,4,6-10H2,1H3/t13-,15+,17+/m0/s1. The van der Waals surface area contributed by atoms with Crippen molar-refractivity contribution in [1.82, 2.24) is 4.90 Å². The number of hydrogen-bond donors (Lipinski definition) is 0. The number of rotatable bonds is 2. The number of fused-ring (bicyclic) bond motifs is 2. The molecule has 2 aliphatic heterocycles. The van der Waals surface area contributed by atoms with E-state index in [4.69, 9.17) is 18.9 Å². The van der Waals surface area contributed by atoms with Gasteiger partial charge in [-0.2, -0.15) is 0 Å². The van der Waals surface area contributed by atoms with Crippen LogP contribution in [0.25, 0.3) is 0 Å². The zero-order chi connectivity index (χ0) is 16.5. The Kier molecular flexibility index (Phi) is 4.33. The van der Waals surface area contributed by atoms with Gasteiger partial charge < -0.3 is 23.8 Å². The molecule has 1 aliphatic carbocycles. The number of nitrogens with zero attached hydrogens (tertiary/aromatic N) is 1. The molecule has 1 aromatic rings. The van der Waals surface area contributed by atoms with E-state index in [0.29, 0.717) is 43.4 Å². The minimum Gasteiger partial charge on any atom is -0.490 e. The first-order valence-electron chi connectivity index (χ1n) is 8.63. The van der Waals surface area contributed by atoms with Crippen LogP contribution >= 0.6 is 0 Å². The SMILES string of the molecule is CO[C@@H]1CC[C@H]2[C@H]1OCCN2C(=O)c1ccc2c(c1)OCCCO2. The number of carbonyl (C=O) groups is 1. The van der Waals surface area contributed by atoms with E-state index < -0.39 is 0 Å². The van der Waals surface area contributed by atoms with Crippen LogP contribution in [-0.4, -0.2) is 62.5 Å². The van der Waals surface area contributed by atoms with Crippen molar-refractivity contribution in [3.05, 3.63) is 23.8 Å². The smallest absolute Gasteiger partial charge is 0.254 e. The highest BCUT2D eigenvalue weighted by Crippen LogP contribution is 2.34. The van der Waals surface area contributed by atoms with E-state index in [9.17, 15) is 4.79 Å². The Morgan fingerprint density at radius 1 is 1.17 bits per heavy atom. The Morgan fingerprint density at radius 2 is 2.00 bits per heavy atom. The molecule has 0 unspecified atom stereocenters. The van der Waals surface area contributed by atoms with Crippen LogP contribution in [0.4, 0.5) is 0 Å². The highest BCUT2D eigenvalue weighted by atomic mass is 16.5. The van der Waals surface area contributed by atoms with Gasteiger partial charge in [-0.1, -0.05) is 0 Å². The lowest BCUT2D eigenvalue weighted by atomic mass is 10.1. The van der Waals surface area contributed by atoms with Crippen LogP contribution in [0.2, 0.25) is 0 Å². The Balaban J connectivity index is 1.56. The monoisotopic (exact) mass is 333 g/mol. The first-order valence-corrected chi connectivity index (χ1v) is 8.63. The summed E-state index contributed by atoms with van der Waals surface area (Å²) in [4.78, 5) is 15.0. The van der Waals surface area contributed by atoms with Gasteiger partial charge in [0.25, 0.3) is 5.91 Å². The Labute approximate surface area is 141 Å². The molecule has 1 amide bonds. The van der Waals surface area contributed by atoms with Gasteiger partial charge in [-0.15, -0.1) is 0 Å². The van der Waals surface area contributed by atoms with Crippen molar-refractivity contribution in [2.45, 2.75) is 37.5 Å². The van der Waals surface area contributed by atoms with E-state index in [1.165, 1.54) is 0 Å². The molecule has 1 aromatic carbocycles. The fraction of sp³-hybridized carbons (Fsp3) is 0.611. The molecule has 130 valence electrons. The van der Waals surface area contributed by atoms with Crippen molar-refractivity contribution < 1.29 is 23.7 Å². The molecule has 0 bridgehead atoms. The molecular formula is C18H23NO5. The van der Waals surface area contributed by atoms with Crippen LogP contribution in [0.1, 0.15) is 29.6 Å². The van der Waals surface area contributed by atoms with Gasteiger partial charge in [0.05, 0.1) is 32.0 Å². The molecule has 2 fully saturated rings. The number of ether oxygens (including phenoxy) is 4. The lowest BCUT2D eigenvalue weighted by Crippen LogP contribution is -2.53. The second-order valence-corrected chi connectivity index (χ2v) is 6.46. The van der Waals surface area contributed by atoms with Crippen LogP contribution in [0.15, 0.2) is 18.2 Å². The largest absolute Gasteiger partial charge is 0.490 e. The minimum absolute atomic E-state index is 0.0203. The molecule has 4 rings (SSSR count). The van der Waals surface area contributed by atoms with Crippen molar-refractivity contribution in [2.24, 2.45) is 0 Å². The van der Waals surface area contributed by atoms with E-state index in [1.54, 1.807) is 13.2 Å². The summed E-state index contributed by atoms with van der Waals surface area (Å²) in [5, 5.41) is 0. The maximum absolute atomic E-state index is 13.0. The number of methoxy groups -OCH3 is 1. The van der Waals surface area contributed by atoms with Gasteiger partial charge in [0, 0.05) is 25.6 Å². The van der Waals surface area contributed by atoms with Crippen molar-refractivity contribution >= 4 is 5.91 Å². The van der Waals surface area contributed by atoms with Crippen molar-refractivity contribution in [3.8, 4) is 11.5 Å². The maximum atomic E-state index is 13.0. The van der Waals surface area contributed by atoms with Gasteiger partial charge in [0.15, 0.2) is 11.5 Å². The lowest BCUT2D eigenvalue weighted by Gasteiger charge is -2.39. The summed E-state index contributed by atoms with van der Waals surface area (Å²) in [6.45, 7) is 2.43. The molecule has 6 nitrogen and oxygen atoms in total. The Bertz CT molecular complexity index is 619. The van der Waals surface area contributed by atoms with Crippen LogP contribution in [0.3, 0.4) is 0 Å². The van der Waals surface area contributed by atoms with Gasteiger partial charge >= 0.3 is 0 Å². The highest BCUT2D eigenvalue weighted by molar-refractivity contribution is 5.95. The van der Waals surface area contributed by atoms with Crippen LogP contribution in [0, 0.1) is 0 Å². The molecule has 3 atom stereocenters. The number of hydrogen-bond acceptors (Lipinski definition) is 5. The average molecular weight is 333 g/mol. The summed E-state index contributed by atoms with van der Waals surface area (Å²) in [5.74, 6) is 1.40. The fourth-order valence-corrected chi connectivity index (χ4v) is 3.88. The van der Waals surface area contributed by atoms with E-state index in [0.717, 1.165) is 19.3 Å². The molecule has 0 aromatic heterocycles. The second kappa shape index (κ2) is 6.61. The summed E-state index contributed by atoms with van der Waals surface area (Å²) >= 11 is 0. The van der Waals surface area contributed by atoms with Crippen molar-refractivity contribution in [1.29, 1.82) is 0 Å². The van der Waals surface area contributed by atoms with Crippen molar-refractivity contribution in [2.75, 3.05) is 33.5 Å². The minimum atomic E-state index is -0.0203. The van der Waals surface area contributed by atoms with Gasteiger partial charge in [-0.25, -0.2) is 0 Å². The number of carbonyl (C=O) groups excluding carboxylic acids is 1. The quantitative estimate of drug-likeness (QED) is 0.827. The molecule has 1 saturated carbocycles. The molecule has 0 N–H and O–H groups in total. The zero-order valence-corrected chi connectivity index (χ0v) is 13.9. The van der Waals surface area contributed by atoms with E-state index >= 15 is 0 Å². The molecule has 2 heterocycles. The second-order valence-electron chi connectivity index (χ2n) is 6.46. The number of benzene rings is 1. The number of amides is 1. The van der Waals surface area contributed by atoms with E-state index in [2.05, 4.69) is 0 Å². The maximum Gasteiger partial charge on any atom is 0.254 e. The molecule has 0 spiro atoms. The first kappa shape index (κ1) is 15.7. The zero-order valence-electron chi connectivity index (χ0n) is 13.9. The molecule has 24 heavy (non-hydrogen) atoms. The molecule has 6 heteroatoms. The third kappa shape index (κ3) is 2.74. The topological polar surface area (TPSA) is 57.2 Å². The fourth-order valence-electron chi connectivity index (χ4n) is 3.88. The summed E-state index contributed by atoms with van der Waals surface area (Å²) in [6.07, 6.45) is 2.75. The van der Waals surface area contributed by atoms with Crippen LogP contribution < -0.4 is 9.47 Å². The van der Waals surface area contributed by atoms with Crippen LogP contribution in [0.5, 0.6) is 11.5 Å². The summed E-state index contributed by atoms with van der Waals surface area (Å²) < 4.78 is 22.7. The third-order valence-electron chi connectivity index (χ3n) is 5.09. The molecule has 0 radical (unpaired) electrons. The summed E-state index contributed by atoms with van der Waals surface area (Å²) in [6, 6.07) is 5.55. The lowest BCUT2D eigenvalue weighted by molar-refractivity contribution is -0.0946. The Morgan fingerprint density at radius 3 is 2.83 bits per heavy atom. The predicted molar refractivity (Wildman–Crippen MR) is 86.6 cm³/mol. The average Bonchev–Trinajstić information content (AvgIpc) is 2.90. The van der Waals surface area contributed by atoms with Gasteiger partial charge in [-0.05, 0) is 31.0 Å². The van der Waals surface area contributed by atoms with E-state index in [-0.39, 0.29) is 24.2 Å². The van der Waals surface area contributed by atoms with Gasteiger partial charge in [0.2, 0.25) is 0 Å². The molecule has 3 aliphatic rings. The Hall–Kier alpha value is -1.79. The molecular weight excluding hydrogens is 310 g/mol. The van der Waals surface area contributed by atoms with Gasteiger partial charge in [0.1, 0.15) is 6.10 Å². The van der Waals surface area contributed by atoms with Crippen LogP contribution in [-0.2, 0) is 9.47 Å². The predicted octanol–water partition coefficient (Wildman–Crippen LogP) is 1.87. The van der Waals surface area contributed by atoms with E-state index in [1.807, 2.05) is 17.0 Å². The van der Waals surface area contributed by atoms with Crippen molar-refractivity contribution in [3.63, 3.8) is 0 Å². The number of morpholine rings is 1. The summed E-state index contributed by atoms with van der Waals surface area (Å²) in [5.41, 5.74) is 0.640. The summed E-state index contributed by atoms with van der Waals surface area (Å²) in [7, 11) is 1.71. The highest BCUT2D eigenvalue weighted by Gasteiger charge is 2.44.